The molecule has 1 aliphatic rings. The van der Waals surface area contributed by atoms with Gasteiger partial charge in [-0.1, -0.05) is 18.0 Å². The Morgan fingerprint density at radius 3 is 3.00 bits per heavy atom. The van der Waals surface area contributed by atoms with Crippen molar-refractivity contribution in [2.45, 2.75) is 26.2 Å². The molecule has 0 atom stereocenters. The summed E-state index contributed by atoms with van der Waals surface area (Å²) in [5, 5.41) is 4.07. The van der Waals surface area contributed by atoms with Crippen molar-refractivity contribution in [2.75, 3.05) is 11.9 Å². The fourth-order valence-electron chi connectivity index (χ4n) is 1.60. The first kappa shape index (κ1) is 9.78. The number of nitrogens with one attached hydrogen (secondary N) is 1. The molecular formula is C11H15ClN2. The monoisotopic (exact) mass is 210 g/mol. The number of aromatic nitrogens is 1. The van der Waals surface area contributed by atoms with Crippen molar-refractivity contribution in [3.05, 3.63) is 22.8 Å². The summed E-state index contributed by atoms with van der Waals surface area (Å²) in [6, 6.07) is 1.93. The van der Waals surface area contributed by atoms with Gasteiger partial charge in [-0.2, -0.15) is 0 Å². The number of halogens is 1. The lowest BCUT2D eigenvalue weighted by molar-refractivity contribution is 0.333. The Balaban J connectivity index is 1.97. The van der Waals surface area contributed by atoms with Gasteiger partial charge < -0.3 is 5.32 Å². The summed E-state index contributed by atoms with van der Waals surface area (Å²) >= 11 is 6.11. The molecule has 14 heavy (non-hydrogen) atoms. The quantitative estimate of drug-likeness (QED) is 0.829. The van der Waals surface area contributed by atoms with Gasteiger partial charge in [-0.05, 0) is 37.3 Å². The Morgan fingerprint density at radius 2 is 2.36 bits per heavy atom. The van der Waals surface area contributed by atoms with Crippen LogP contribution in [0.15, 0.2) is 12.3 Å². The van der Waals surface area contributed by atoms with Gasteiger partial charge in [0.15, 0.2) is 0 Å². The highest BCUT2D eigenvalue weighted by molar-refractivity contribution is 6.33. The summed E-state index contributed by atoms with van der Waals surface area (Å²) in [5.41, 5.74) is 1.08. The second kappa shape index (κ2) is 4.18. The third-order valence-corrected chi connectivity index (χ3v) is 3.34. The number of hydrogen-bond donors (Lipinski definition) is 1. The Kier molecular flexibility index (Phi) is 2.92. The lowest BCUT2D eigenvalue weighted by Crippen LogP contribution is -2.21. The smallest absolute Gasteiger partial charge is 0.145 e. The number of aryl methyl sites for hydroxylation is 1. The molecule has 1 N–H and O–H groups in total. The molecule has 0 bridgehead atoms. The molecule has 1 fully saturated rings. The summed E-state index contributed by atoms with van der Waals surface area (Å²) < 4.78 is 0. The van der Waals surface area contributed by atoms with Gasteiger partial charge in [0, 0.05) is 12.7 Å². The number of nitrogens with zero attached hydrogens (tertiary/aromatic N) is 1. The van der Waals surface area contributed by atoms with Crippen LogP contribution in [0.4, 0.5) is 5.82 Å². The van der Waals surface area contributed by atoms with Gasteiger partial charge >= 0.3 is 0 Å². The molecule has 1 aliphatic carbocycles. The van der Waals surface area contributed by atoms with Crippen molar-refractivity contribution in [2.24, 2.45) is 5.92 Å². The minimum Gasteiger partial charge on any atom is -0.369 e. The van der Waals surface area contributed by atoms with Crippen LogP contribution in [0.3, 0.4) is 0 Å². The second-order valence-electron chi connectivity index (χ2n) is 3.97. The van der Waals surface area contributed by atoms with Crippen LogP contribution in [0.1, 0.15) is 24.8 Å². The highest BCUT2D eigenvalue weighted by atomic mass is 35.5. The third kappa shape index (κ3) is 2.01. The van der Waals surface area contributed by atoms with Crippen LogP contribution < -0.4 is 5.32 Å². The Morgan fingerprint density at radius 1 is 1.57 bits per heavy atom. The van der Waals surface area contributed by atoms with Crippen molar-refractivity contribution >= 4 is 17.4 Å². The SMILES string of the molecule is Cc1ccnc(NCC2CCC2)c1Cl. The highest BCUT2D eigenvalue weighted by Gasteiger charge is 2.17. The lowest BCUT2D eigenvalue weighted by Gasteiger charge is -2.25. The third-order valence-electron chi connectivity index (χ3n) is 2.87. The van der Waals surface area contributed by atoms with Gasteiger partial charge in [0.2, 0.25) is 0 Å². The van der Waals surface area contributed by atoms with Crippen molar-refractivity contribution < 1.29 is 0 Å². The molecule has 0 unspecified atom stereocenters. The zero-order valence-electron chi connectivity index (χ0n) is 8.39. The first-order chi connectivity index (χ1) is 6.77. The molecule has 0 spiro atoms. The Hall–Kier alpha value is -0.760. The van der Waals surface area contributed by atoms with Crippen LogP contribution in [0.2, 0.25) is 5.02 Å². The van der Waals surface area contributed by atoms with Crippen LogP contribution in [0.5, 0.6) is 0 Å². The van der Waals surface area contributed by atoms with E-state index in [1.54, 1.807) is 6.20 Å². The van der Waals surface area contributed by atoms with Gasteiger partial charge in [-0.25, -0.2) is 4.98 Å². The normalized spacial score (nSPS) is 16.4. The molecule has 1 aromatic rings. The topological polar surface area (TPSA) is 24.9 Å². The predicted molar refractivity (Wildman–Crippen MR) is 59.8 cm³/mol. The molecule has 1 heterocycles. The molecular weight excluding hydrogens is 196 g/mol. The first-order valence-corrected chi connectivity index (χ1v) is 5.50. The highest BCUT2D eigenvalue weighted by Crippen LogP contribution is 2.28. The van der Waals surface area contributed by atoms with E-state index in [2.05, 4.69) is 10.3 Å². The van der Waals surface area contributed by atoms with E-state index < -0.39 is 0 Å². The lowest BCUT2D eigenvalue weighted by atomic mass is 9.85. The van der Waals surface area contributed by atoms with Crippen molar-refractivity contribution in [3.8, 4) is 0 Å². The van der Waals surface area contributed by atoms with Crippen LogP contribution in [-0.2, 0) is 0 Å². The average molecular weight is 211 g/mol. The molecule has 0 amide bonds. The van der Waals surface area contributed by atoms with Crippen LogP contribution in [-0.4, -0.2) is 11.5 Å². The summed E-state index contributed by atoms with van der Waals surface area (Å²) in [5.74, 6) is 1.66. The minimum absolute atomic E-state index is 0.756. The summed E-state index contributed by atoms with van der Waals surface area (Å²) in [6.07, 6.45) is 5.86. The molecule has 0 saturated heterocycles. The van der Waals surface area contributed by atoms with Gasteiger partial charge in [-0.3, -0.25) is 0 Å². The molecule has 1 aromatic heterocycles. The number of hydrogen-bond acceptors (Lipinski definition) is 2. The maximum atomic E-state index is 6.11. The summed E-state index contributed by atoms with van der Waals surface area (Å²) in [6.45, 7) is 3.01. The molecule has 2 rings (SSSR count). The van der Waals surface area contributed by atoms with E-state index in [1.807, 2.05) is 13.0 Å². The van der Waals surface area contributed by atoms with E-state index in [0.717, 1.165) is 28.9 Å². The molecule has 1 saturated carbocycles. The number of pyridine rings is 1. The van der Waals surface area contributed by atoms with E-state index in [0.29, 0.717) is 0 Å². The van der Waals surface area contributed by atoms with Gasteiger partial charge in [-0.15, -0.1) is 0 Å². The van der Waals surface area contributed by atoms with Crippen molar-refractivity contribution in [3.63, 3.8) is 0 Å². The van der Waals surface area contributed by atoms with E-state index in [-0.39, 0.29) is 0 Å². The molecule has 0 aromatic carbocycles. The van der Waals surface area contributed by atoms with Gasteiger partial charge in [0.1, 0.15) is 5.82 Å². The average Bonchev–Trinajstić information content (AvgIpc) is 2.09. The maximum Gasteiger partial charge on any atom is 0.145 e. The number of rotatable bonds is 3. The van der Waals surface area contributed by atoms with E-state index >= 15 is 0 Å². The standard InChI is InChI=1S/C11H15ClN2/c1-8-5-6-13-11(10(8)12)14-7-9-3-2-4-9/h5-6,9H,2-4,7H2,1H3,(H,13,14). The Labute approximate surface area is 89.7 Å². The van der Waals surface area contributed by atoms with E-state index in [9.17, 15) is 0 Å². The van der Waals surface area contributed by atoms with Crippen LogP contribution in [0.25, 0.3) is 0 Å². The van der Waals surface area contributed by atoms with Crippen molar-refractivity contribution in [1.29, 1.82) is 0 Å². The fourth-order valence-corrected chi connectivity index (χ4v) is 1.78. The minimum atomic E-state index is 0.756. The Bertz CT molecular complexity index is 321. The molecule has 0 aliphatic heterocycles. The maximum absolute atomic E-state index is 6.11. The van der Waals surface area contributed by atoms with E-state index in [4.69, 9.17) is 11.6 Å². The zero-order valence-corrected chi connectivity index (χ0v) is 9.14. The van der Waals surface area contributed by atoms with Gasteiger partial charge in [0.25, 0.3) is 0 Å². The van der Waals surface area contributed by atoms with Crippen LogP contribution >= 0.6 is 11.6 Å². The van der Waals surface area contributed by atoms with Crippen LogP contribution in [0, 0.1) is 12.8 Å². The molecule has 2 nitrogen and oxygen atoms in total. The van der Waals surface area contributed by atoms with Crippen molar-refractivity contribution in [1.82, 2.24) is 4.98 Å². The zero-order chi connectivity index (χ0) is 9.97. The molecule has 0 radical (unpaired) electrons. The molecule has 3 heteroatoms. The predicted octanol–water partition coefficient (Wildman–Crippen LogP) is 3.26. The van der Waals surface area contributed by atoms with E-state index in [1.165, 1.54) is 19.3 Å². The first-order valence-electron chi connectivity index (χ1n) is 5.12. The summed E-state index contributed by atoms with van der Waals surface area (Å²) in [4.78, 5) is 4.23. The fraction of sp³-hybridized carbons (Fsp3) is 0.545. The summed E-state index contributed by atoms with van der Waals surface area (Å²) in [7, 11) is 0. The van der Waals surface area contributed by atoms with Gasteiger partial charge in [0.05, 0.1) is 5.02 Å². The molecule has 76 valence electrons. The second-order valence-corrected chi connectivity index (χ2v) is 4.35. The number of anilines is 1. The largest absolute Gasteiger partial charge is 0.369 e.